The molecule has 0 spiro atoms. The van der Waals surface area contributed by atoms with Crippen LogP contribution in [0.25, 0.3) is 0 Å². The maximum atomic E-state index is 6.13. The van der Waals surface area contributed by atoms with Crippen molar-refractivity contribution in [1.82, 2.24) is 10.1 Å². The van der Waals surface area contributed by atoms with Crippen LogP contribution in [0, 0.1) is 5.92 Å². The van der Waals surface area contributed by atoms with Gasteiger partial charge in [-0.3, -0.25) is 0 Å². The maximum absolute atomic E-state index is 6.13. The predicted molar refractivity (Wildman–Crippen MR) is 75.1 cm³/mol. The summed E-state index contributed by atoms with van der Waals surface area (Å²) in [6.07, 6.45) is 8.78. The topological polar surface area (TPSA) is 74.2 Å². The van der Waals surface area contributed by atoms with Crippen molar-refractivity contribution in [2.75, 3.05) is 6.61 Å². The molecule has 2 aliphatic carbocycles. The van der Waals surface area contributed by atoms with Crippen LogP contribution in [0.4, 0.5) is 0 Å². The first-order valence-electron chi connectivity index (χ1n) is 7.96. The number of rotatable bonds is 6. The average Bonchev–Trinajstić information content (AvgIpc) is 3.21. The number of hydrogen-bond acceptors (Lipinski definition) is 5. The van der Waals surface area contributed by atoms with Crippen molar-refractivity contribution in [3.8, 4) is 0 Å². The first-order valence-corrected chi connectivity index (χ1v) is 7.96. The van der Waals surface area contributed by atoms with E-state index in [0.29, 0.717) is 24.8 Å². The van der Waals surface area contributed by atoms with Gasteiger partial charge in [0.1, 0.15) is 5.60 Å². The highest BCUT2D eigenvalue weighted by Gasteiger charge is 2.39. The van der Waals surface area contributed by atoms with Gasteiger partial charge in [0.2, 0.25) is 11.7 Å². The third kappa shape index (κ3) is 2.88. The lowest BCUT2D eigenvalue weighted by molar-refractivity contribution is -0.0777. The molecule has 0 aliphatic heterocycles. The first kappa shape index (κ1) is 14.0. The van der Waals surface area contributed by atoms with Crippen molar-refractivity contribution >= 4 is 0 Å². The zero-order valence-corrected chi connectivity index (χ0v) is 12.3. The molecule has 1 atom stereocenters. The largest absolute Gasteiger partial charge is 0.367 e. The van der Waals surface area contributed by atoms with Gasteiger partial charge in [-0.15, -0.1) is 0 Å². The van der Waals surface area contributed by atoms with E-state index in [1.165, 1.54) is 32.1 Å². The Kier molecular flexibility index (Phi) is 4.08. The Morgan fingerprint density at radius 2 is 2.10 bits per heavy atom. The third-order valence-corrected chi connectivity index (χ3v) is 4.60. The third-order valence-electron chi connectivity index (χ3n) is 4.60. The standard InChI is InChI=1S/C15H25N3O2/c1-2-19-15(8-4-3-5-9-15)14-17-13(20-18-14)10-12(16)11-6-7-11/h11-12H,2-10,16H2,1H3. The van der Waals surface area contributed by atoms with Gasteiger partial charge in [-0.1, -0.05) is 24.4 Å². The summed E-state index contributed by atoms with van der Waals surface area (Å²) in [5, 5.41) is 4.20. The van der Waals surface area contributed by atoms with Gasteiger partial charge in [0.05, 0.1) is 0 Å². The fraction of sp³-hybridized carbons (Fsp3) is 0.867. The molecule has 1 unspecified atom stereocenters. The van der Waals surface area contributed by atoms with Crippen LogP contribution in [0.1, 0.15) is 63.6 Å². The van der Waals surface area contributed by atoms with Gasteiger partial charge in [0.15, 0.2) is 0 Å². The summed E-state index contributed by atoms with van der Waals surface area (Å²) in [7, 11) is 0. The smallest absolute Gasteiger partial charge is 0.228 e. The van der Waals surface area contributed by atoms with Crippen molar-refractivity contribution < 1.29 is 9.26 Å². The highest BCUT2D eigenvalue weighted by atomic mass is 16.5. The normalized spacial score (nSPS) is 23.7. The molecule has 0 radical (unpaired) electrons. The van der Waals surface area contributed by atoms with Gasteiger partial charge in [-0.2, -0.15) is 4.98 Å². The Labute approximate surface area is 120 Å². The molecule has 3 rings (SSSR count). The fourth-order valence-electron chi connectivity index (χ4n) is 3.25. The van der Waals surface area contributed by atoms with E-state index in [4.69, 9.17) is 15.0 Å². The Morgan fingerprint density at radius 3 is 2.75 bits per heavy atom. The molecule has 1 aromatic rings. The van der Waals surface area contributed by atoms with E-state index in [9.17, 15) is 0 Å². The minimum Gasteiger partial charge on any atom is -0.367 e. The molecule has 1 heterocycles. The molecular weight excluding hydrogens is 254 g/mol. The summed E-state index contributed by atoms with van der Waals surface area (Å²) >= 11 is 0. The second-order valence-corrected chi connectivity index (χ2v) is 6.21. The highest BCUT2D eigenvalue weighted by molar-refractivity contribution is 5.04. The van der Waals surface area contributed by atoms with Crippen LogP contribution in [-0.2, 0) is 16.8 Å². The molecule has 2 aliphatic rings. The van der Waals surface area contributed by atoms with Crippen LogP contribution in [0.2, 0.25) is 0 Å². The van der Waals surface area contributed by atoms with Crippen molar-refractivity contribution in [2.45, 2.75) is 69.9 Å². The average molecular weight is 279 g/mol. The van der Waals surface area contributed by atoms with E-state index in [0.717, 1.165) is 18.7 Å². The summed E-state index contributed by atoms with van der Waals surface area (Å²) < 4.78 is 11.4. The molecule has 20 heavy (non-hydrogen) atoms. The minimum absolute atomic E-state index is 0.165. The summed E-state index contributed by atoms with van der Waals surface area (Å²) in [6.45, 7) is 2.71. The molecular formula is C15H25N3O2. The molecule has 2 saturated carbocycles. The van der Waals surface area contributed by atoms with E-state index in [-0.39, 0.29) is 11.6 Å². The summed E-state index contributed by atoms with van der Waals surface area (Å²) in [6, 6.07) is 0.165. The lowest BCUT2D eigenvalue weighted by atomic mass is 9.84. The number of hydrogen-bond donors (Lipinski definition) is 1. The van der Waals surface area contributed by atoms with E-state index >= 15 is 0 Å². The Morgan fingerprint density at radius 1 is 1.35 bits per heavy atom. The molecule has 0 saturated heterocycles. The van der Waals surface area contributed by atoms with E-state index in [1.807, 2.05) is 6.92 Å². The van der Waals surface area contributed by atoms with E-state index in [1.54, 1.807) is 0 Å². The van der Waals surface area contributed by atoms with Gasteiger partial charge in [0.25, 0.3) is 0 Å². The fourth-order valence-corrected chi connectivity index (χ4v) is 3.25. The molecule has 1 aromatic heterocycles. The summed E-state index contributed by atoms with van der Waals surface area (Å²) in [4.78, 5) is 4.59. The monoisotopic (exact) mass is 279 g/mol. The molecule has 112 valence electrons. The second kappa shape index (κ2) is 5.82. The number of aromatic nitrogens is 2. The van der Waals surface area contributed by atoms with Gasteiger partial charge < -0.3 is 15.0 Å². The molecule has 2 fully saturated rings. The van der Waals surface area contributed by atoms with Crippen LogP contribution < -0.4 is 5.73 Å². The molecule has 5 heteroatoms. The lowest BCUT2D eigenvalue weighted by Gasteiger charge is -2.33. The van der Waals surface area contributed by atoms with Gasteiger partial charge in [-0.25, -0.2) is 0 Å². The van der Waals surface area contributed by atoms with Crippen molar-refractivity contribution in [1.29, 1.82) is 0 Å². The van der Waals surface area contributed by atoms with Crippen LogP contribution in [0.3, 0.4) is 0 Å². The zero-order chi connectivity index (χ0) is 14.0. The number of ether oxygens (including phenoxy) is 1. The number of nitrogens with two attached hydrogens (primary N) is 1. The van der Waals surface area contributed by atoms with E-state index in [2.05, 4.69) is 10.1 Å². The summed E-state index contributed by atoms with van der Waals surface area (Å²) in [5.41, 5.74) is 5.81. The van der Waals surface area contributed by atoms with E-state index < -0.39 is 0 Å². The molecule has 2 N–H and O–H groups in total. The van der Waals surface area contributed by atoms with Gasteiger partial charge in [0, 0.05) is 19.1 Å². The molecule has 5 nitrogen and oxygen atoms in total. The van der Waals surface area contributed by atoms with Crippen LogP contribution >= 0.6 is 0 Å². The Bertz CT molecular complexity index is 431. The molecule has 0 aromatic carbocycles. The summed E-state index contributed by atoms with van der Waals surface area (Å²) in [5.74, 6) is 2.06. The molecule has 0 amide bonds. The quantitative estimate of drug-likeness (QED) is 0.866. The molecule has 0 bridgehead atoms. The SMILES string of the molecule is CCOC1(c2noc(CC(N)C3CC3)n2)CCCCC1. The van der Waals surface area contributed by atoms with Gasteiger partial charge >= 0.3 is 0 Å². The lowest BCUT2D eigenvalue weighted by Crippen LogP contribution is -2.33. The zero-order valence-electron chi connectivity index (χ0n) is 12.3. The second-order valence-electron chi connectivity index (χ2n) is 6.21. The maximum Gasteiger partial charge on any atom is 0.228 e. The van der Waals surface area contributed by atoms with Gasteiger partial charge in [-0.05, 0) is 38.5 Å². The minimum atomic E-state index is -0.321. The van der Waals surface area contributed by atoms with Crippen LogP contribution in [-0.4, -0.2) is 22.8 Å². The Balaban J connectivity index is 1.72. The highest BCUT2D eigenvalue weighted by Crippen LogP contribution is 2.39. The van der Waals surface area contributed by atoms with Crippen molar-refractivity contribution in [3.63, 3.8) is 0 Å². The van der Waals surface area contributed by atoms with Crippen LogP contribution in [0.15, 0.2) is 4.52 Å². The van der Waals surface area contributed by atoms with Crippen molar-refractivity contribution in [2.24, 2.45) is 11.7 Å². The number of nitrogens with zero attached hydrogens (tertiary/aromatic N) is 2. The van der Waals surface area contributed by atoms with Crippen molar-refractivity contribution in [3.05, 3.63) is 11.7 Å². The van der Waals surface area contributed by atoms with Crippen LogP contribution in [0.5, 0.6) is 0 Å². The predicted octanol–water partition coefficient (Wildman–Crippen LogP) is 2.55. The first-order chi connectivity index (χ1) is 9.73. The Hall–Kier alpha value is -0.940.